The number of nitrogens with zero attached hydrogens (tertiary/aromatic N) is 3. The number of pyridine rings is 1. The van der Waals surface area contributed by atoms with E-state index in [4.69, 9.17) is 0 Å². The Kier molecular flexibility index (Phi) is 3.00. The van der Waals surface area contributed by atoms with Gasteiger partial charge in [-0.05, 0) is 28.1 Å². The second-order valence-corrected chi connectivity index (χ2v) is 4.04. The molecule has 0 radical (unpaired) electrons. The van der Waals surface area contributed by atoms with Gasteiger partial charge < -0.3 is 5.32 Å². The van der Waals surface area contributed by atoms with Crippen molar-refractivity contribution in [2.24, 2.45) is 7.05 Å². The predicted octanol–water partition coefficient (Wildman–Crippen LogP) is 1.83. The van der Waals surface area contributed by atoms with Crippen LogP contribution in [0.5, 0.6) is 0 Å². The summed E-state index contributed by atoms with van der Waals surface area (Å²) in [5.41, 5.74) is 1.21. The average Bonchev–Trinajstić information content (AvgIpc) is 2.65. The standard InChI is InChI=1S/C10H9BrN4O/c1-15-6-7(5-13-15)10(16)14-8-2-3-12-9(11)4-8/h2-6H,1H3,(H,12,14,16). The Labute approximate surface area is 101 Å². The van der Waals surface area contributed by atoms with Crippen LogP contribution in [0.25, 0.3) is 0 Å². The van der Waals surface area contributed by atoms with Gasteiger partial charge in [0.15, 0.2) is 0 Å². The predicted molar refractivity (Wildman–Crippen MR) is 63.1 cm³/mol. The third-order valence-corrected chi connectivity index (χ3v) is 2.39. The summed E-state index contributed by atoms with van der Waals surface area (Å²) in [5, 5.41) is 6.68. The molecule has 16 heavy (non-hydrogen) atoms. The molecule has 2 aromatic heterocycles. The van der Waals surface area contributed by atoms with E-state index in [2.05, 4.69) is 31.3 Å². The minimum absolute atomic E-state index is 0.189. The molecule has 2 aromatic rings. The first kappa shape index (κ1) is 10.8. The number of amides is 1. The lowest BCUT2D eigenvalue weighted by Crippen LogP contribution is -2.11. The molecular formula is C10H9BrN4O. The van der Waals surface area contributed by atoms with E-state index in [-0.39, 0.29) is 5.91 Å². The lowest BCUT2D eigenvalue weighted by Gasteiger charge is -2.02. The summed E-state index contributed by atoms with van der Waals surface area (Å²) in [6.07, 6.45) is 4.79. The number of hydrogen-bond acceptors (Lipinski definition) is 3. The lowest BCUT2D eigenvalue weighted by molar-refractivity contribution is 0.102. The van der Waals surface area contributed by atoms with E-state index in [1.807, 2.05) is 0 Å². The lowest BCUT2D eigenvalue weighted by atomic mass is 10.3. The number of halogens is 1. The summed E-state index contributed by atoms with van der Waals surface area (Å²) >= 11 is 3.23. The van der Waals surface area contributed by atoms with Gasteiger partial charge in [-0.25, -0.2) is 4.98 Å². The van der Waals surface area contributed by atoms with E-state index in [1.165, 1.54) is 6.20 Å². The van der Waals surface area contributed by atoms with Crippen LogP contribution in [0.2, 0.25) is 0 Å². The summed E-state index contributed by atoms with van der Waals surface area (Å²) in [7, 11) is 1.76. The van der Waals surface area contributed by atoms with Crippen molar-refractivity contribution in [3.8, 4) is 0 Å². The zero-order chi connectivity index (χ0) is 11.5. The highest BCUT2D eigenvalue weighted by atomic mass is 79.9. The van der Waals surface area contributed by atoms with Crippen LogP contribution < -0.4 is 5.32 Å². The molecule has 0 aliphatic heterocycles. The van der Waals surface area contributed by atoms with Gasteiger partial charge in [0.05, 0.1) is 11.8 Å². The summed E-state index contributed by atoms with van der Waals surface area (Å²) in [4.78, 5) is 15.7. The van der Waals surface area contributed by atoms with Crippen molar-refractivity contribution in [3.63, 3.8) is 0 Å². The molecule has 0 saturated heterocycles. The molecule has 5 nitrogen and oxygen atoms in total. The van der Waals surface area contributed by atoms with Gasteiger partial charge in [0.25, 0.3) is 5.91 Å². The fourth-order valence-electron chi connectivity index (χ4n) is 1.22. The zero-order valence-corrected chi connectivity index (χ0v) is 10.1. The number of carbonyl (C=O) groups is 1. The van der Waals surface area contributed by atoms with Crippen LogP contribution in [0, 0.1) is 0 Å². The molecule has 0 spiro atoms. The molecule has 0 unspecified atom stereocenters. The molecule has 0 fully saturated rings. The van der Waals surface area contributed by atoms with Gasteiger partial charge in [-0.3, -0.25) is 9.48 Å². The van der Waals surface area contributed by atoms with Gasteiger partial charge in [0.1, 0.15) is 4.60 Å². The van der Waals surface area contributed by atoms with Crippen LogP contribution in [0.1, 0.15) is 10.4 Å². The minimum atomic E-state index is -0.189. The van der Waals surface area contributed by atoms with Gasteiger partial charge in [-0.2, -0.15) is 5.10 Å². The number of aryl methyl sites for hydroxylation is 1. The first-order valence-electron chi connectivity index (χ1n) is 4.57. The Morgan fingerprint density at radius 1 is 1.56 bits per heavy atom. The highest BCUT2D eigenvalue weighted by Gasteiger charge is 2.07. The van der Waals surface area contributed by atoms with E-state index in [0.717, 1.165) is 0 Å². The van der Waals surface area contributed by atoms with E-state index in [0.29, 0.717) is 15.9 Å². The summed E-state index contributed by atoms with van der Waals surface area (Å²) in [6, 6.07) is 3.45. The quantitative estimate of drug-likeness (QED) is 0.854. The van der Waals surface area contributed by atoms with Crippen molar-refractivity contribution in [1.29, 1.82) is 0 Å². The van der Waals surface area contributed by atoms with Crippen LogP contribution in [0.3, 0.4) is 0 Å². The number of aromatic nitrogens is 3. The third-order valence-electron chi connectivity index (χ3n) is 1.95. The molecule has 0 aliphatic rings. The van der Waals surface area contributed by atoms with Gasteiger partial charge in [0, 0.05) is 25.1 Å². The second-order valence-electron chi connectivity index (χ2n) is 3.22. The van der Waals surface area contributed by atoms with Crippen molar-refractivity contribution in [1.82, 2.24) is 14.8 Å². The van der Waals surface area contributed by atoms with Crippen molar-refractivity contribution in [2.45, 2.75) is 0 Å². The fraction of sp³-hybridized carbons (Fsp3) is 0.100. The Hall–Kier alpha value is -1.69. The highest BCUT2D eigenvalue weighted by molar-refractivity contribution is 9.10. The number of anilines is 1. The van der Waals surface area contributed by atoms with Crippen LogP contribution in [0.15, 0.2) is 35.3 Å². The maximum atomic E-state index is 11.7. The topological polar surface area (TPSA) is 59.8 Å². The second kappa shape index (κ2) is 4.44. The summed E-state index contributed by atoms with van der Waals surface area (Å²) < 4.78 is 2.26. The van der Waals surface area contributed by atoms with Gasteiger partial charge in [0.2, 0.25) is 0 Å². The van der Waals surface area contributed by atoms with E-state index >= 15 is 0 Å². The van der Waals surface area contributed by atoms with Crippen molar-refractivity contribution < 1.29 is 4.79 Å². The first-order chi connectivity index (χ1) is 7.65. The van der Waals surface area contributed by atoms with E-state index in [1.54, 1.807) is 36.3 Å². The Balaban J connectivity index is 2.13. The third kappa shape index (κ3) is 2.46. The van der Waals surface area contributed by atoms with Gasteiger partial charge >= 0.3 is 0 Å². The van der Waals surface area contributed by atoms with E-state index in [9.17, 15) is 4.79 Å². The van der Waals surface area contributed by atoms with Crippen LogP contribution in [0.4, 0.5) is 5.69 Å². The molecule has 6 heteroatoms. The summed E-state index contributed by atoms with van der Waals surface area (Å²) in [5.74, 6) is -0.189. The Bertz CT molecular complexity index is 523. The van der Waals surface area contributed by atoms with Gasteiger partial charge in [-0.1, -0.05) is 0 Å². The monoisotopic (exact) mass is 280 g/mol. The zero-order valence-electron chi connectivity index (χ0n) is 8.51. The molecule has 1 amide bonds. The maximum absolute atomic E-state index is 11.7. The van der Waals surface area contributed by atoms with Crippen molar-refractivity contribution >= 4 is 27.5 Å². The number of carbonyl (C=O) groups excluding carboxylic acids is 1. The number of nitrogens with one attached hydrogen (secondary N) is 1. The van der Waals surface area contributed by atoms with Crippen LogP contribution >= 0.6 is 15.9 Å². The number of rotatable bonds is 2. The molecule has 0 atom stereocenters. The number of hydrogen-bond donors (Lipinski definition) is 1. The molecule has 82 valence electrons. The molecule has 0 saturated carbocycles. The molecule has 2 rings (SSSR count). The average molecular weight is 281 g/mol. The molecule has 2 heterocycles. The largest absolute Gasteiger partial charge is 0.322 e. The molecular weight excluding hydrogens is 272 g/mol. The fourth-order valence-corrected chi connectivity index (χ4v) is 1.59. The SMILES string of the molecule is Cn1cc(C(=O)Nc2ccnc(Br)c2)cn1. The molecule has 1 N–H and O–H groups in total. The van der Waals surface area contributed by atoms with Crippen molar-refractivity contribution in [3.05, 3.63) is 40.9 Å². The molecule has 0 bridgehead atoms. The highest BCUT2D eigenvalue weighted by Crippen LogP contribution is 2.13. The Morgan fingerprint density at radius 2 is 2.38 bits per heavy atom. The smallest absolute Gasteiger partial charge is 0.258 e. The van der Waals surface area contributed by atoms with Crippen LogP contribution in [-0.4, -0.2) is 20.7 Å². The summed E-state index contributed by atoms with van der Waals surface area (Å²) in [6.45, 7) is 0. The normalized spacial score (nSPS) is 10.1. The van der Waals surface area contributed by atoms with Crippen LogP contribution in [-0.2, 0) is 7.05 Å². The molecule has 0 aliphatic carbocycles. The van der Waals surface area contributed by atoms with Gasteiger partial charge in [-0.15, -0.1) is 0 Å². The van der Waals surface area contributed by atoms with E-state index < -0.39 is 0 Å². The molecule has 0 aromatic carbocycles. The first-order valence-corrected chi connectivity index (χ1v) is 5.36. The maximum Gasteiger partial charge on any atom is 0.258 e. The minimum Gasteiger partial charge on any atom is -0.322 e. The Morgan fingerprint density at radius 3 is 3.00 bits per heavy atom. The van der Waals surface area contributed by atoms with Crippen molar-refractivity contribution in [2.75, 3.05) is 5.32 Å².